The molecule has 0 atom stereocenters. The second-order valence-corrected chi connectivity index (χ2v) is 6.21. The van der Waals surface area contributed by atoms with Crippen molar-refractivity contribution in [2.75, 3.05) is 23.3 Å². The summed E-state index contributed by atoms with van der Waals surface area (Å²) in [7, 11) is 1.63. The number of rotatable bonds is 3. The van der Waals surface area contributed by atoms with Gasteiger partial charge >= 0.3 is 0 Å². The summed E-state index contributed by atoms with van der Waals surface area (Å²) in [6, 6.07) is 7.37. The fourth-order valence-corrected chi connectivity index (χ4v) is 3.02. The molecule has 1 amide bonds. The summed E-state index contributed by atoms with van der Waals surface area (Å²) in [6.45, 7) is 3.59. The Morgan fingerprint density at radius 3 is 2.67 bits per heavy atom. The molecule has 1 aromatic carbocycles. The van der Waals surface area contributed by atoms with Crippen molar-refractivity contribution in [2.45, 2.75) is 26.2 Å². The monoisotopic (exact) mass is 326 g/mol. The van der Waals surface area contributed by atoms with Crippen LogP contribution in [0.5, 0.6) is 0 Å². The van der Waals surface area contributed by atoms with Crippen LogP contribution in [0.15, 0.2) is 35.3 Å². The van der Waals surface area contributed by atoms with Gasteiger partial charge in [0.05, 0.1) is 11.9 Å². The van der Waals surface area contributed by atoms with Crippen LogP contribution in [-0.2, 0) is 7.05 Å². The minimum absolute atomic E-state index is 0.182. The molecule has 0 aliphatic carbocycles. The van der Waals surface area contributed by atoms with E-state index in [0.29, 0.717) is 16.9 Å². The molecule has 0 bridgehead atoms. The van der Waals surface area contributed by atoms with E-state index in [4.69, 9.17) is 0 Å². The number of nitrogens with one attached hydrogen (secondary N) is 1. The third kappa shape index (κ3) is 3.32. The zero-order chi connectivity index (χ0) is 17.1. The average molecular weight is 326 g/mol. The molecule has 2 aromatic rings. The van der Waals surface area contributed by atoms with Gasteiger partial charge in [0.1, 0.15) is 5.69 Å². The van der Waals surface area contributed by atoms with Crippen LogP contribution in [0.25, 0.3) is 0 Å². The zero-order valence-corrected chi connectivity index (χ0v) is 14.1. The fourth-order valence-electron chi connectivity index (χ4n) is 3.02. The lowest BCUT2D eigenvalue weighted by Gasteiger charge is -2.29. The van der Waals surface area contributed by atoms with Crippen molar-refractivity contribution >= 4 is 17.3 Å². The van der Waals surface area contributed by atoms with E-state index in [1.165, 1.54) is 11.1 Å². The van der Waals surface area contributed by atoms with Gasteiger partial charge in [-0.1, -0.05) is 17.7 Å². The molecule has 126 valence electrons. The van der Waals surface area contributed by atoms with E-state index >= 15 is 0 Å². The number of benzene rings is 1. The number of amides is 1. The summed E-state index contributed by atoms with van der Waals surface area (Å²) in [5.41, 5.74) is 2.42. The van der Waals surface area contributed by atoms with E-state index in [0.717, 1.165) is 31.5 Å². The van der Waals surface area contributed by atoms with Crippen LogP contribution in [0.4, 0.5) is 11.4 Å². The standard InChI is InChI=1S/C18H22N4O2/c1-13-7-6-8-14(11-13)17(23)20-15-12-19-21(2)18(24)16(15)22-9-4-3-5-10-22/h6-8,11-12H,3-5,9-10H2,1-2H3,(H,20,23). The fraction of sp³-hybridized carbons (Fsp3) is 0.389. The van der Waals surface area contributed by atoms with Gasteiger partial charge in [0, 0.05) is 25.7 Å². The number of hydrogen-bond acceptors (Lipinski definition) is 4. The Kier molecular flexibility index (Phi) is 4.64. The van der Waals surface area contributed by atoms with E-state index in [2.05, 4.69) is 15.3 Å². The molecule has 1 fully saturated rings. The van der Waals surface area contributed by atoms with Crippen LogP contribution in [-0.4, -0.2) is 28.8 Å². The van der Waals surface area contributed by atoms with Gasteiger partial charge in [0.15, 0.2) is 0 Å². The van der Waals surface area contributed by atoms with Gasteiger partial charge in [0.25, 0.3) is 11.5 Å². The van der Waals surface area contributed by atoms with Crippen molar-refractivity contribution in [2.24, 2.45) is 7.05 Å². The number of nitrogens with zero attached hydrogens (tertiary/aromatic N) is 3. The molecule has 1 saturated heterocycles. The smallest absolute Gasteiger partial charge is 0.292 e. The molecule has 3 rings (SSSR count). The van der Waals surface area contributed by atoms with Gasteiger partial charge < -0.3 is 10.2 Å². The van der Waals surface area contributed by atoms with Crippen LogP contribution >= 0.6 is 0 Å². The van der Waals surface area contributed by atoms with Crippen molar-refractivity contribution in [3.8, 4) is 0 Å². The predicted molar refractivity (Wildman–Crippen MR) is 94.7 cm³/mol. The van der Waals surface area contributed by atoms with Gasteiger partial charge in [-0.15, -0.1) is 0 Å². The quantitative estimate of drug-likeness (QED) is 0.940. The van der Waals surface area contributed by atoms with Crippen LogP contribution in [0, 0.1) is 6.92 Å². The lowest BCUT2D eigenvalue weighted by molar-refractivity contribution is 0.102. The normalized spacial score (nSPS) is 14.5. The van der Waals surface area contributed by atoms with E-state index in [9.17, 15) is 9.59 Å². The maximum atomic E-state index is 12.6. The van der Waals surface area contributed by atoms with Crippen LogP contribution < -0.4 is 15.8 Å². The van der Waals surface area contributed by atoms with E-state index < -0.39 is 0 Å². The number of carbonyl (C=O) groups is 1. The number of hydrogen-bond donors (Lipinski definition) is 1. The van der Waals surface area contributed by atoms with Crippen molar-refractivity contribution in [3.05, 3.63) is 51.9 Å². The molecular weight excluding hydrogens is 304 g/mol. The molecule has 1 aliphatic rings. The van der Waals surface area contributed by atoms with Crippen molar-refractivity contribution in [1.29, 1.82) is 0 Å². The Balaban J connectivity index is 1.94. The van der Waals surface area contributed by atoms with Gasteiger partial charge in [-0.25, -0.2) is 4.68 Å². The Hall–Kier alpha value is -2.63. The minimum Gasteiger partial charge on any atom is -0.365 e. The van der Waals surface area contributed by atoms with Crippen molar-refractivity contribution in [3.63, 3.8) is 0 Å². The van der Waals surface area contributed by atoms with E-state index in [1.807, 2.05) is 25.1 Å². The predicted octanol–water partition coefficient (Wildman–Crippen LogP) is 2.33. The molecule has 24 heavy (non-hydrogen) atoms. The lowest BCUT2D eigenvalue weighted by atomic mass is 10.1. The maximum absolute atomic E-state index is 12.6. The second-order valence-electron chi connectivity index (χ2n) is 6.21. The molecular formula is C18H22N4O2. The van der Waals surface area contributed by atoms with Gasteiger partial charge in [-0.3, -0.25) is 9.59 Å². The first-order chi connectivity index (χ1) is 11.6. The Labute approximate surface area is 141 Å². The summed E-state index contributed by atoms with van der Waals surface area (Å²) in [6.07, 6.45) is 4.83. The van der Waals surface area contributed by atoms with Crippen LogP contribution in [0.3, 0.4) is 0 Å². The molecule has 6 nitrogen and oxygen atoms in total. The largest absolute Gasteiger partial charge is 0.365 e. The highest BCUT2D eigenvalue weighted by Crippen LogP contribution is 2.24. The molecule has 2 heterocycles. The lowest BCUT2D eigenvalue weighted by Crippen LogP contribution is -2.37. The SMILES string of the molecule is Cc1cccc(C(=O)Nc2cnn(C)c(=O)c2N2CCCCC2)c1. The average Bonchev–Trinajstić information content (AvgIpc) is 2.59. The summed E-state index contributed by atoms with van der Waals surface area (Å²) >= 11 is 0. The molecule has 0 spiro atoms. The summed E-state index contributed by atoms with van der Waals surface area (Å²) < 4.78 is 1.31. The molecule has 0 saturated carbocycles. The molecule has 0 radical (unpaired) electrons. The highest BCUT2D eigenvalue weighted by molar-refractivity contribution is 6.05. The van der Waals surface area contributed by atoms with Crippen molar-refractivity contribution < 1.29 is 4.79 Å². The summed E-state index contributed by atoms with van der Waals surface area (Å²) in [5.74, 6) is -0.230. The number of aromatic nitrogens is 2. The number of piperidine rings is 1. The molecule has 1 aromatic heterocycles. The number of carbonyl (C=O) groups excluding carboxylic acids is 1. The number of anilines is 2. The first-order valence-electron chi connectivity index (χ1n) is 8.25. The molecule has 0 unspecified atom stereocenters. The summed E-state index contributed by atoms with van der Waals surface area (Å²) in [4.78, 5) is 27.2. The van der Waals surface area contributed by atoms with E-state index in [1.54, 1.807) is 19.3 Å². The third-order valence-electron chi connectivity index (χ3n) is 4.31. The second kappa shape index (κ2) is 6.86. The van der Waals surface area contributed by atoms with Gasteiger partial charge in [-0.2, -0.15) is 5.10 Å². The third-order valence-corrected chi connectivity index (χ3v) is 4.31. The minimum atomic E-state index is -0.230. The van der Waals surface area contributed by atoms with Crippen molar-refractivity contribution in [1.82, 2.24) is 9.78 Å². The Bertz CT molecular complexity index is 807. The first-order valence-corrected chi connectivity index (χ1v) is 8.25. The van der Waals surface area contributed by atoms with Gasteiger partial charge in [0.2, 0.25) is 0 Å². The first kappa shape index (κ1) is 16.2. The molecule has 1 aliphatic heterocycles. The van der Waals surface area contributed by atoms with Gasteiger partial charge in [-0.05, 0) is 38.3 Å². The highest BCUT2D eigenvalue weighted by atomic mass is 16.2. The highest BCUT2D eigenvalue weighted by Gasteiger charge is 2.21. The molecule has 1 N–H and O–H groups in total. The number of aryl methyl sites for hydroxylation is 2. The van der Waals surface area contributed by atoms with Crippen LogP contribution in [0.2, 0.25) is 0 Å². The maximum Gasteiger partial charge on any atom is 0.292 e. The molecule has 6 heteroatoms. The Morgan fingerprint density at radius 1 is 1.21 bits per heavy atom. The zero-order valence-electron chi connectivity index (χ0n) is 14.1. The van der Waals surface area contributed by atoms with Crippen LogP contribution in [0.1, 0.15) is 35.2 Å². The van der Waals surface area contributed by atoms with E-state index in [-0.39, 0.29) is 11.5 Å². The topological polar surface area (TPSA) is 67.2 Å². The summed E-state index contributed by atoms with van der Waals surface area (Å²) in [5, 5.41) is 6.92. The Morgan fingerprint density at radius 2 is 1.96 bits per heavy atom.